The first kappa shape index (κ1) is 23.8. The summed E-state index contributed by atoms with van der Waals surface area (Å²) in [7, 11) is 5.30. The molecule has 2 rings (SSSR count). The molecule has 0 aromatic heterocycles. The average Bonchev–Trinajstić information content (AvgIpc) is 2.70. The third kappa shape index (κ3) is 6.82. The molecule has 0 radical (unpaired) electrons. The smallest absolute Gasteiger partial charge is 0.253 e. The summed E-state index contributed by atoms with van der Waals surface area (Å²) >= 11 is 5.92. The zero-order valence-corrected chi connectivity index (χ0v) is 18.6. The van der Waals surface area contributed by atoms with E-state index in [0.29, 0.717) is 24.4 Å². The highest BCUT2D eigenvalue weighted by Gasteiger charge is 2.17. The lowest BCUT2D eigenvalue weighted by molar-refractivity contribution is -0.121. The van der Waals surface area contributed by atoms with Crippen LogP contribution in [0.4, 0.5) is 4.39 Å². The summed E-state index contributed by atoms with van der Waals surface area (Å²) in [6.45, 7) is 2.45. The summed E-state index contributed by atoms with van der Waals surface area (Å²) in [5.41, 5.74) is 1.85. The molecule has 0 fully saturated rings. The molecule has 2 unspecified atom stereocenters. The molecule has 0 aliphatic carbocycles. The van der Waals surface area contributed by atoms with E-state index in [1.54, 1.807) is 6.07 Å². The molecule has 162 valence electrons. The Morgan fingerprint density at radius 1 is 1.13 bits per heavy atom. The first-order valence-electron chi connectivity index (χ1n) is 9.90. The fourth-order valence-corrected chi connectivity index (χ4v) is 3.33. The van der Waals surface area contributed by atoms with Gasteiger partial charge < -0.3 is 15.5 Å². The second-order valence-electron chi connectivity index (χ2n) is 7.68. The molecular weight excluding hydrogens is 405 g/mol. The van der Waals surface area contributed by atoms with Gasteiger partial charge in [0.2, 0.25) is 5.91 Å². The van der Waals surface area contributed by atoms with Crippen LogP contribution in [0.15, 0.2) is 42.5 Å². The Morgan fingerprint density at radius 3 is 2.37 bits per heavy atom. The van der Waals surface area contributed by atoms with Crippen LogP contribution in [0.5, 0.6) is 0 Å². The minimum absolute atomic E-state index is 0.00922. The lowest BCUT2D eigenvalue weighted by Crippen LogP contribution is -2.41. The Labute approximate surface area is 182 Å². The van der Waals surface area contributed by atoms with E-state index in [4.69, 9.17) is 11.6 Å². The molecular formula is C23H29ClFN3O2. The van der Waals surface area contributed by atoms with E-state index < -0.39 is 11.7 Å². The van der Waals surface area contributed by atoms with Crippen LogP contribution < -0.4 is 10.6 Å². The largest absolute Gasteiger partial charge is 0.355 e. The molecule has 0 spiro atoms. The number of amides is 2. The quantitative estimate of drug-likeness (QED) is 0.635. The number of benzene rings is 2. The van der Waals surface area contributed by atoms with Crippen molar-refractivity contribution in [1.82, 2.24) is 15.5 Å². The van der Waals surface area contributed by atoms with Crippen LogP contribution in [0, 0.1) is 5.82 Å². The minimum atomic E-state index is -0.551. The molecule has 7 heteroatoms. The molecule has 30 heavy (non-hydrogen) atoms. The van der Waals surface area contributed by atoms with Crippen LogP contribution in [-0.4, -0.2) is 50.4 Å². The van der Waals surface area contributed by atoms with Crippen LogP contribution in [0.2, 0.25) is 5.02 Å². The predicted octanol–water partition coefficient (Wildman–Crippen LogP) is 3.62. The summed E-state index contributed by atoms with van der Waals surface area (Å²) in [5, 5.41) is 6.08. The monoisotopic (exact) mass is 433 g/mol. The van der Waals surface area contributed by atoms with Crippen molar-refractivity contribution in [2.45, 2.75) is 31.7 Å². The molecule has 0 heterocycles. The number of halogens is 2. The van der Waals surface area contributed by atoms with Crippen LogP contribution in [0.3, 0.4) is 0 Å². The third-order valence-corrected chi connectivity index (χ3v) is 5.42. The Hall–Kier alpha value is -2.44. The number of nitrogens with one attached hydrogen (secondary N) is 2. The van der Waals surface area contributed by atoms with Crippen molar-refractivity contribution < 1.29 is 14.0 Å². The van der Waals surface area contributed by atoms with Gasteiger partial charge in [0.25, 0.3) is 5.91 Å². The number of hydrogen-bond donors (Lipinski definition) is 2. The van der Waals surface area contributed by atoms with Crippen LogP contribution >= 0.6 is 11.6 Å². The van der Waals surface area contributed by atoms with Crippen molar-refractivity contribution in [3.8, 4) is 0 Å². The maximum atomic E-state index is 14.2. The summed E-state index contributed by atoms with van der Waals surface area (Å²) in [6.07, 6.45) is 0.919. The number of rotatable bonds is 9. The normalized spacial score (nSPS) is 13.0. The molecule has 2 amide bonds. The SMILES string of the molecule is CNC(=O)c1ccc(CC(CNC(=O)CC(C)c2ccc(Cl)cc2)N(C)C)cc1F. The van der Waals surface area contributed by atoms with E-state index in [-0.39, 0.29) is 23.4 Å². The predicted molar refractivity (Wildman–Crippen MR) is 118 cm³/mol. The van der Waals surface area contributed by atoms with E-state index in [9.17, 15) is 14.0 Å². The summed E-state index contributed by atoms with van der Waals surface area (Å²) < 4.78 is 14.2. The molecule has 2 aromatic carbocycles. The first-order chi connectivity index (χ1) is 14.2. The van der Waals surface area contributed by atoms with Gasteiger partial charge in [0, 0.05) is 31.1 Å². The van der Waals surface area contributed by atoms with Crippen molar-refractivity contribution in [2.24, 2.45) is 0 Å². The maximum Gasteiger partial charge on any atom is 0.253 e. The lowest BCUT2D eigenvalue weighted by Gasteiger charge is -2.25. The molecule has 2 atom stereocenters. The third-order valence-electron chi connectivity index (χ3n) is 5.17. The Balaban J connectivity index is 1.94. The summed E-state index contributed by atoms with van der Waals surface area (Å²) in [5.74, 6) is -0.965. The van der Waals surface area contributed by atoms with Crippen LogP contribution in [-0.2, 0) is 11.2 Å². The van der Waals surface area contributed by atoms with Gasteiger partial charge in [-0.25, -0.2) is 4.39 Å². The highest BCUT2D eigenvalue weighted by atomic mass is 35.5. The van der Waals surface area contributed by atoms with Gasteiger partial charge >= 0.3 is 0 Å². The van der Waals surface area contributed by atoms with Gasteiger partial charge in [-0.15, -0.1) is 0 Å². The van der Waals surface area contributed by atoms with Gasteiger partial charge in [-0.05, 0) is 61.8 Å². The number of carbonyl (C=O) groups excluding carboxylic acids is 2. The standard InChI is InChI=1S/C23H29ClFN3O2/c1-15(17-6-8-18(24)9-7-17)11-22(29)27-14-19(28(3)4)12-16-5-10-20(21(25)13-16)23(30)26-2/h5-10,13,15,19H,11-12,14H2,1-4H3,(H,26,30)(H,27,29). The molecule has 2 N–H and O–H groups in total. The highest BCUT2D eigenvalue weighted by molar-refractivity contribution is 6.30. The topological polar surface area (TPSA) is 61.4 Å². The lowest BCUT2D eigenvalue weighted by atomic mass is 9.97. The van der Waals surface area contributed by atoms with E-state index in [1.165, 1.54) is 19.2 Å². The highest BCUT2D eigenvalue weighted by Crippen LogP contribution is 2.21. The number of carbonyl (C=O) groups is 2. The van der Waals surface area contributed by atoms with Crippen LogP contribution in [0.25, 0.3) is 0 Å². The van der Waals surface area contributed by atoms with Gasteiger partial charge in [-0.3, -0.25) is 9.59 Å². The van der Waals surface area contributed by atoms with E-state index in [1.807, 2.05) is 50.2 Å². The molecule has 0 bridgehead atoms. The van der Waals surface area contributed by atoms with Crippen molar-refractivity contribution >= 4 is 23.4 Å². The minimum Gasteiger partial charge on any atom is -0.355 e. The molecule has 5 nitrogen and oxygen atoms in total. The van der Waals surface area contributed by atoms with E-state index in [0.717, 1.165) is 11.1 Å². The fourth-order valence-electron chi connectivity index (χ4n) is 3.20. The van der Waals surface area contributed by atoms with Crippen LogP contribution in [0.1, 0.15) is 40.7 Å². The van der Waals surface area contributed by atoms with Gasteiger partial charge in [0.1, 0.15) is 5.82 Å². The molecule has 0 saturated heterocycles. The Kier molecular flexibility index (Phi) is 8.81. The fraction of sp³-hybridized carbons (Fsp3) is 0.391. The van der Waals surface area contributed by atoms with Crippen molar-refractivity contribution in [1.29, 1.82) is 0 Å². The van der Waals surface area contributed by atoms with Gasteiger partial charge in [-0.1, -0.05) is 36.7 Å². The Morgan fingerprint density at radius 2 is 1.80 bits per heavy atom. The average molecular weight is 434 g/mol. The van der Waals surface area contributed by atoms with Gasteiger partial charge in [0.15, 0.2) is 0 Å². The molecule has 0 aliphatic heterocycles. The number of hydrogen-bond acceptors (Lipinski definition) is 3. The molecule has 0 aliphatic rings. The van der Waals surface area contributed by atoms with Crippen molar-refractivity contribution in [2.75, 3.05) is 27.7 Å². The molecule has 2 aromatic rings. The summed E-state index contributed by atoms with van der Waals surface area (Å²) in [6, 6.07) is 12.1. The van der Waals surface area contributed by atoms with Crippen molar-refractivity contribution in [3.05, 3.63) is 70.0 Å². The first-order valence-corrected chi connectivity index (χ1v) is 10.3. The zero-order chi connectivity index (χ0) is 22.3. The van der Waals surface area contributed by atoms with E-state index >= 15 is 0 Å². The maximum absolute atomic E-state index is 14.2. The zero-order valence-electron chi connectivity index (χ0n) is 17.8. The van der Waals surface area contributed by atoms with E-state index in [2.05, 4.69) is 10.6 Å². The second-order valence-corrected chi connectivity index (χ2v) is 8.11. The van der Waals surface area contributed by atoms with Gasteiger partial charge in [-0.2, -0.15) is 0 Å². The second kappa shape index (κ2) is 11.1. The Bertz CT molecular complexity index is 871. The van der Waals surface area contributed by atoms with Gasteiger partial charge in [0.05, 0.1) is 5.56 Å². The number of likely N-dealkylation sites (N-methyl/N-ethyl adjacent to an activating group) is 1. The van der Waals surface area contributed by atoms with Crippen molar-refractivity contribution in [3.63, 3.8) is 0 Å². The summed E-state index contributed by atoms with van der Waals surface area (Å²) in [4.78, 5) is 26.1. The molecule has 0 saturated carbocycles. The number of nitrogens with zero attached hydrogens (tertiary/aromatic N) is 1.